The lowest BCUT2D eigenvalue weighted by molar-refractivity contribution is -0.186. The first-order valence-corrected chi connectivity index (χ1v) is 7.68. The van der Waals surface area contributed by atoms with Gasteiger partial charge in [0.1, 0.15) is 5.75 Å². The van der Waals surface area contributed by atoms with E-state index in [1.54, 1.807) is 12.1 Å². The lowest BCUT2D eigenvalue weighted by Crippen LogP contribution is -2.23. The average Bonchev–Trinajstić information content (AvgIpc) is 2.91. The Bertz CT molecular complexity index is 614. The lowest BCUT2D eigenvalue weighted by atomic mass is 10.0. The van der Waals surface area contributed by atoms with Gasteiger partial charge in [-0.2, -0.15) is 0 Å². The summed E-state index contributed by atoms with van der Waals surface area (Å²) in [6.07, 6.45) is 2.82. The van der Waals surface area contributed by atoms with Crippen molar-refractivity contribution in [1.29, 1.82) is 0 Å². The van der Waals surface area contributed by atoms with Gasteiger partial charge in [-0.15, -0.1) is 0 Å². The molecule has 3 rings (SSSR count). The van der Waals surface area contributed by atoms with E-state index in [0.717, 1.165) is 42.7 Å². The molecule has 118 valence electrons. The molecule has 1 aromatic carbocycles. The van der Waals surface area contributed by atoms with Crippen LogP contribution >= 0.6 is 0 Å². The molecule has 5 nitrogen and oxygen atoms in total. The summed E-state index contributed by atoms with van der Waals surface area (Å²) in [6, 6.07) is 6.88. The molecule has 0 bridgehead atoms. The minimum atomic E-state index is -0.168. The first-order chi connectivity index (χ1) is 10.6. The Morgan fingerprint density at radius 1 is 1.27 bits per heavy atom. The minimum Gasteiger partial charge on any atom is -0.508 e. The third-order valence-electron chi connectivity index (χ3n) is 3.94. The standard InChI is InChI=1S/C17H21NO4/c1-11-16(12(2)21-15-5-3-4-10-20-15)17(22-18-11)13-6-8-14(19)9-7-13/h6-9,12,15,19H,3-5,10H2,1-2H3. The van der Waals surface area contributed by atoms with E-state index < -0.39 is 0 Å². The van der Waals surface area contributed by atoms with Crippen molar-refractivity contribution in [1.82, 2.24) is 5.16 Å². The average molecular weight is 303 g/mol. The fourth-order valence-electron chi connectivity index (χ4n) is 2.79. The summed E-state index contributed by atoms with van der Waals surface area (Å²) in [5, 5.41) is 13.5. The molecule has 0 radical (unpaired) electrons. The Balaban J connectivity index is 1.83. The van der Waals surface area contributed by atoms with Crippen LogP contribution in [0.4, 0.5) is 0 Å². The smallest absolute Gasteiger partial charge is 0.172 e. The van der Waals surface area contributed by atoms with Gasteiger partial charge in [-0.3, -0.25) is 0 Å². The second-order valence-corrected chi connectivity index (χ2v) is 5.63. The Hall–Kier alpha value is -1.85. The first kappa shape index (κ1) is 15.1. The van der Waals surface area contributed by atoms with Gasteiger partial charge in [-0.25, -0.2) is 0 Å². The van der Waals surface area contributed by atoms with Crippen LogP contribution in [0.5, 0.6) is 5.75 Å². The number of phenols is 1. The van der Waals surface area contributed by atoms with Gasteiger partial charge in [-0.1, -0.05) is 5.16 Å². The van der Waals surface area contributed by atoms with Crippen LogP contribution in [0.25, 0.3) is 11.3 Å². The first-order valence-electron chi connectivity index (χ1n) is 7.68. The van der Waals surface area contributed by atoms with Gasteiger partial charge in [0.2, 0.25) is 0 Å². The number of aromatic nitrogens is 1. The molecule has 1 aromatic heterocycles. The topological polar surface area (TPSA) is 64.7 Å². The van der Waals surface area contributed by atoms with E-state index in [0.29, 0.717) is 5.76 Å². The molecule has 2 heterocycles. The van der Waals surface area contributed by atoms with Crippen molar-refractivity contribution in [2.75, 3.05) is 6.61 Å². The van der Waals surface area contributed by atoms with E-state index in [4.69, 9.17) is 14.0 Å². The van der Waals surface area contributed by atoms with Gasteiger partial charge < -0.3 is 19.1 Å². The molecule has 1 aliphatic rings. The number of ether oxygens (including phenoxy) is 2. The molecule has 1 saturated heterocycles. The molecule has 0 aliphatic carbocycles. The fourth-order valence-corrected chi connectivity index (χ4v) is 2.79. The third-order valence-corrected chi connectivity index (χ3v) is 3.94. The summed E-state index contributed by atoms with van der Waals surface area (Å²) in [4.78, 5) is 0. The van der Waals surface area contributed by atoms with E-state index in [1.807, 2.05) is 26.0 Å². The molecule has 5 heteroatoms. The highest BCUT2D eigenvalue weighted by Crippen LogP contribution is 2.34. The normalized spacial score (nSPS) is 20.0. The van der Waals surface area contributed by atoms with Crippen molar-refractivity contribution in [2.45, 2.75) is 45.5 Å². The molecule has 22 heavy (non-hydrogen) atoms. The summed E-state index contributed by atoms with van der Waals surface area (Å²) < 4.78 is 17.2. The number of aryl methyl sites for hydroxylation is 1. The number of phenolic OH excluding ortho intramolecular Hbond substituents is 1. The fraction of sp³-hybridized carbons (Fsp3) is 0.471. The third kappa shape index (κ3) is 3.15. The van der Waals surface area contributed by atoms with Crippen LogP contribution in [0, 0.1) is 6.92 Å². The van der Waals surface area contributed by atoms with E-state index in [2.05, 4.69) is 5.16 Å². The number of rotatable bonds is 4. The Morgan fingerprint density at radius 2 is 2.05 bits per heavy atom. The van der Waals surface area contributed by atoms with E-state index in [9.17, 15) is 5.11 Å². The molecule has 2 aromatic rings. The molecule has 1 N–H and O–H groups in total. The van der Waals surface area contributed by atoms with Crippen molar-refractivity contribution in [2.24, 2.45) is 0 Å². The number of hydrogen-bond acceptors (Lipinski definition) is 5. The van der Waals surface area contributed by atoms with Crippen molar-refractivity contribution in [3.8, 4) is 17.1 Å². The maximum Gasteiger partial charge on any atom is 0.172 e. The zero-order valence-electron chi connectivity index (χ0n) is 12.9. The van der Waals surface area contributed by atoms with Crippen LogP contribution in [0.1, 0.15) is 43.5 Å². The molecule has 2 unspecified atom stereocenters. The number of hydrogen-bond donors (Lipinski definition) is 1. The van der Waals surface area contributed by atoms with Crippen LogP contribution in [0.15, 0.2) is 28.8 Å². The Labute approximate surface area is 129 Å². The summed E-state index contributed by atoms with van der Waals surface area (Å²) in [6.45, 7) is 4.65. The molecule has 0 amide bonds. The molecular weight excluding hydrogens is 282 g/mol. The number of aromatic hydroxyl groups is 1. The largest absolute Gasteiger partial charge is 0.508 e. The summed E-state index contributed by atoms with van der Waals surface area (Å²) in [7, 11) is 0. The highest BCUT2D eigenvalue weighted by atomic mass is 16.7. The SMILES string of the molecule is Cc1noc(-c2ccc(O)cc2)c1C(C)OC1CCCCO1. The lowest BCUT2D eigenvalue weighted by Gasteiger charge is -2.26. The van der Waals surface area contributed by atoms with Gasteiger partial charge in [-0.05, 0) is 57.4 Å². The van der Waals surface area contributed by atoms with Crippen LogP contribution in [0.2, 0.25) is 0 Å². The van der Waals surface area contributed by atoms with Crippen molar-refractivity contribution in [3.63, 3.8) is 0 Å². The summed E-state index contributed by atoms with van der Waals surface area (Å²) in [5.74, 6) is 0.905. The van der Waals surface area contributed by atoms with E-state index in [-0.39, 0.29) is 18.1 Å². The molecule has 0 spiro atoms. The molecule has 0 saturated carbocycles. The van der Waals surface area contributed by atoms with Gasteiger partial charge in [0.25, 0.3) is 0 Å². The van der Waals surface area contributed by atoms with Crippen LogP contribution in [-0.4, -0.2) is 23.2 Å². The monoisotopic (exact) mass is 303 g/mol. The predicted octanol–water partition coefficient (Wildman–Crippen LogP) is 3.96. The zero-order valence-corrected chi connectivity index (χ0v) is 12.9. The highest BCUT2D eigenvalue weighted by molar-refractivity contribution is 5.63. The Kier molecular flexibility index (Phi) is 4.45. The van der Waals surface area contributed by atoms with E-state index in [1.165, 1.54) is 0 Å². The van der Waals surface area contributed by atoms with Gasteiger partial charge in [0, 0.05) is 12.2 Å². The quantitative estimate of drug-likeness (QED) is 0.926. The van der Waals surface area contributed by atoms with Crippen LogP contribution in [0.3, 0.4) is 0 Å². The highest BCUT2D eigenvalue weighted by Gasteiger charge is 2.25. The predicted molar refractivity (Wildman–Crippen MR) is 81.4 cm³/mol. The van der Waals surface area contributed by atoms with Gasteiger partial charge >= 0.3 is 0 Å². The maximum atomic E-state index is 9.42. The Morgan fingerprint density at radius 3 is 2.73 bits per heavy atom. The number of nitrogens with zero attached hydrogens (tertiary/aromatic N) is 1. The molecule has 1 fully saturated rings. The van der Waals surface area contributed by atoms with Gasteiger partial charge in [0.15, 0.2) is 12.1 Å². The molecule has 2 atom stereocenters. The second kappa shape index (κ2) is 6.50. The number of benzene rings is 1. The molecule has 1 aliphatic heterocycles. The van der Waals surface area contributed by atoms with Crippen molar-refractivity contribution < 1.29 is 19.1 Å². The molecular formula is C17H21NO4. The summed E-state index contributed by atoms with van der Waals surface area (Å²) in [5.41, 5.74) is 2.61. The van der Waals surface area contributed by atoms with Crippen molar-refractivity contribution in [3.05, 3.63) is 35.5 Å². The summed E-state index contributed by atoms with van der Waals surface area (Å²) >= 11 is 0. The zero-order chi connectivity index (χ0) is 15.5. The van der Waals surface area contributed by atoms with Crippen LogP contribution < -0.4 is 0 Å². The van der Waals surface area contributed by atoms with Crippen LogP contribution in [-0.2, 0) is 9.47 Å². The minimum absolute atomic E-state index is 0.161. The van der Waals surface area contributed by atoms with Crippen molar-refractivity contribution >= 4 is 0 Å². The maximum absolute atomic E-state index is 9.42. The van der Waals surface area contributed by atoms with Gasteiger partial charge in [0.05, 0.1) is 17.4 Å². The van der Waals surface area contributed by atoms with E-state index >= 15 is 0 Å². The second-order valence-electron chi connectivity index (χ2n) is 5.63.